The SMILES string of the molecule is CCN[SiH](C)Cl. The standard InChI is InChI=1S/C3H10ClNSi/c1-3-5-6(2)4/h5-6H,3H2,1-2H3. The van der Waals surface area contributed by atoms with Gasteiger partial charge in [-0.1, -0.05) is 6.92 Å². The lowest BCUT2D eigenvalue weighted by molar-refractivity contribution is 1.00. The van der Waals surface area contributed by atoms with Crippen LogP contribution >= 0.6 is 11.1 Å². The first-order valence-electron chi connectivity index (χ1n) is 2.14. The Morgan fingerprint density at radius 2 is 2.33 bits per heavy atom. The molecule has 0 heterocycles. The highest BCUT2D eigenvalue weighted by molar-refractivity contribution is 7.04. The Hall–Kier alpha value is 0.467. The van der Waals surface area contributed by atoms with E-state index in [1.54, 1.807) is 0 Å². The molecule has 3 heteroatoms. The molecule has 1 atom stereocenters. The van der Waals surface area contributed by atoms with Crippen LogP contribution < -0.4 is 4.98 Å². The van der Waals surface area contributed by atoms with Crippen LogP contribution in [0.5, 0.6) is 0 Å². The van der Waals surface area contributed by atoms with Gasteiger partial charge in [0.1, 0.15) is 0 Å². The molecule has 6 heavy (non-hydrogen) atoms. The lowest BCUT2D eigenvalue weighted by Crippen LogP contribution is -2.23. The summed E-state index contributed by atoms with van der Waals surface area (Å²) in [4.78, 5) is 3.11. The van der Waals surface area contributed by atoms with E-state index in [1.807, 2.05) is 6.55 Å². The predicted molar refractivity (Wildman–Crippen MR) is 32.5 cm³/mol. The van der Waals surface area contributed by atoms with Crippen LogP contribution in [-0.2, 0) is 0 Å². The number of halogens is 1. The van der Waals surface area contributed by atoms with Gasteiger partial charge < -0.3 is 4.98 Å². The summed E-state index contributed by atoms with van der Waals surface area (Å²) in [6.07, 6.45) is 0. The molecule has 1 unspecified atom stereocenters. The Morgan fingerprint density at radius 1 is 1.83 bits per heavy atom. The van der Waals surface area contributed by atoms with Crippen molar-refractivity contribution < 1.29 is 0 Å². The molecule has 0 radical (unpaired) electrons. The summed E-state index contributed by atoms with van der Waals surface area (Å²) in [5, 5.41) is 0. The first kappa shape index (κ1) is 6.47. The molecule has 0 aromatic rings. The highest BCUT2D eigenvalue weighted by Gasteiger charge is 1.89. The molecule has 0 amide bonds. The van der Waals surface area contributed by atoms with Crippen LogP contribution in [0.15, 0.2) is 0 Å². The maximum absolute atomic E-state index is 5.61. The van der Waals surface area contributed by atoms with Crippen LogP contribution in [-0.4, -0.2) is 14.8 Å². The highest BCUT2D eigenvalue weighted by Crippen LogP contribution is 1.77. The van der Waals surface area contributed by atoms with Crippen molar-refractivity contribution >= 4 is 19.3 Å². The molecule has 0 spiro atoms. The minimum atomic E-state index is -0.948. The third kappa shape index (κ3) is 4.47. The zero-order valence-corrected chi connectivity index (χ0v) is 6.07. The van der Waals surface area contributed by atoms with Crippen molar-refractivity contribution in [2.75, 3.05) is 6.54 Å². The van der Waals surface area contributed by atoms with Gasteiger partial charge in [-0.2, -0.15) is 11.1 Å². The van der Waals surface area contributed by atoms with Gasteiger partial charge in [0.05, 0.1) is 0 Å². The third-order valence-corrected chi connectivity index (χ3v) is 1.92. The second kappa shape index (κ2) is 3.65. The van der Waals surface area contributed by atoms with Crippen molar-refractivity contribution in [2.45, 2.75) is 13.5 Å². The number of nitrogens with one attached hydrogen (secondary N) is 1. The number of hydrogen-bond donors (Lipinski definition) is 1. The summed E-state index contributed by atoms with van der Waals surface area (Å²) < 4.78 is 0. The minimum absolute atomic E-state index is 0.948. The Morgan fingerprint density at radius 3 is 2.33 bits per heavy atom. The fraction of sp³-hybridized carbons (Fsp3) is 1.00. The Kier molecular flexibility index (Phi) is 3.93. The van der Waals surface area contributed by atoms with Crippen LogP contribution in [0.1, 0.15) is 6.92 Å². The number of rotatable bonds is 2. The smallest absolute Gasteiger partial charge is 0.207 e. The third-order valence-electron chi connectivity index (χ3n) is 0.485. The maximum Gasteiger partial charge on any atom is 0.207 e. The zero-order valence-electron chi connectivity index (χ0n) is 4.16. The number of hydrogen-bond acceptors (Lipinski definition) is 1. The van der Waals surface area contributed by atoms with Gasteiger partial charge in [-0.3, -0.25) is 0 Å². The highest BCUT2D eigenvalue weighted by atomic mass is 35.6. The molecular formula is C3H10ClNSi. The molecule has 0 saturated heterocycles. The molecule has 0 fully saturated rings. The van der Waals surface area contributed by atoms with E-state index in [-0.39, 0.29) is 0 Å². The van der Waals surface area contributed by atoms with Crippen molar-refractivity contribution in [3.05, 3.63) is 0 Å². The molecule has 0 aliphatic carbocycles. The molecule has 1 N–H and O–H groups in total. The average Bonchev–Trinajstić information content (AvgIpc) is 1.35. The van der Waals surface area contributed by atoms with Crippen molar-refractivity contribution in [1.82, 2.24) is 4.98 Å². The first-order chi connectivity index (χ1) is 2.77. The fourth-order valence-corrected chi connectivity index (χ4v) is 1.31. The van der Waals surface area contributed by atoms with Gasteiger partial charge in [-0.15, -0.1) is 0 Å². The molecule has 0 aliphatic heterocycles. The summed E-state index contributed by atoms with van der Waals surface area (Å²) in [6, 6.07) is 0. The predicted octanol–water partition coefficient (Wildman–Crippen LogP) is 0.685. The average molecular weight is 124 g/mol. The van der Waals surface area contributed by atoms with Gasteiger partial charge in [0.2, 0.25) is 8.27 Å². The molecule has 0 saturated carbocycles. The summed E-state index contributed by atoms with van der Waals surface area (Å²) in [7, 11) is -0.948. The maximum atomic E-state index is 5.61. The molecular weight excluding hydrogens is 114 g/mol. The molecule has 0 aromatic carbocycles. The monoisotopic (exact) mass is 123 g/mol. The molecule has 1 nitrogen and oxygen atoms in total. The summed E-state index contributed by atoms with van der Waals surface area (Å²) in [5.41, 5.74) is 0. The van der Waals surface area contributed by atoms with Gasteiger partial charge in [0.15, 0.2) is 0 Å². The van der Waals surface area contributed by atoms with Crippen LogP contribution in [0, 0.1) is 0 Å². The molecule has 0 aromatic heterocycles. The van der Waals surface area contributed by atoms with E-state index in [4.69, 9.17) is 11.1 Å². The van der Waals surface area contributed by atoms with Crippen molar-refractivity contribution in [3.8, 4) is 0 Å². The Labute approximate surface area is 45.1 Å². The fourth-order valence-electron chi connectivity index (χ4n) is 0.281. The van der Waals surface area contributed by atoms with E-state index in [9.17, 15) is 0 Å². The Balaban J connectivity index is 2.63. The van der Waals surface area contributed by atoms with E-state index in [0.717, 1.165) is 6.54 Å². The van der Waals surface area contributed by atoms with E-state index < -0.39 is 8.27 Å². The molecule has 0 bridgehead atoms. The lowest BCUT2D eigenvalue weighted by Gasteiger charge is -1.95. The van der Waals surface area contributed by atoms with E-state index in [2.05, 4.69) is 11.9 Å². The Bertz CT molecular complexity index is 32.0. The van der Waals surface area contributed by atoms with E-state index >= 15 is 0 Å². The van der Waals surface area contributed by atoms with Crippen LogP contribution in [0.25, 0.3) is 0 Å². The van der Waals surface area contributed by atoms with Gasteiger partial charge in [-0.25, -0.2) is 0 Å². The quantitative estimate of drug-likeness (QED) is 0.421. The van der Waals surface area contributed by atoms with E-state index in [1.165, 1.54) is 0 Å². The first-order valence-corrected chi connectivity index (χ1v) is 5.62. The topological polar surface area (TPSA) is 12.0 Å². The summed E-state index contributed by atoms with van der Waals surface area (Å²) in [5.74, 6) is 0. The van der Waals surface area contributed by atoms with Gasteiger partial charge >= 0.3 is 0 Å². The zero-order chi connectivity index (χ0) is 4.99. The van der Waals surface area contributed by atoms with Crippen molar-refractivity contribution in [3.63, 3.8) is 0 Å². The second-order valence-electron chi connectivity index (χ2n) is 1.17. The normalized spacial score (nSPS) is 14.5. The van der Waals surface area contributed by atoms with Crippen LogP contribution in [0.2, 0.25) is 6.55 Å². The molecule has 38 valence electrons. The molecule has 0 aliphatic rings. The lowest BCUT2D eigenvalue weighted by atomic mass is 10.8. The van der Waals surface area contributed by atoms with Crippen molar-refractivity contribution in [1.29, 1.82) is 0 Å². The minimum Gasteiger partial charge on any atom is -0.328 e. The second-order valence-corrected chi connectivity index (χ2v) is 4.78. The van der Waals surface area contributed by atoms with Crippen LogP contribution in [0.3, 0.4) is 0 Å². The van der Waals surface area contributed by atoms with E-state index in [0.29, 0.717) is 0 Å². The van der Waals surface area contributed by atoms with Crippen molar-refractivity contribution in [2.24, 2.45) is 0 Å². The summed E-state index contributed by atoms with van der Waals surface area (Å²) in [6.45, 7) is 5.12. The summed E-state index contributed by atoms with van der Waals surface area (Å²) >= 11 is 5.61. The van der Waals surface area contributed by atoms with Gasteiger partial charge in [-0.05, 0) is 13.1 Å². The van der Waals surface area contributed by atoms with Gasteiger partial charge in [0.25, 0.3) is 0 Å². The molecule has 0 rings (SSSR count). The van der Waals surface area contributed by atoms with Gasteiger partial charge in [0, 0.05) is 0 Å². The largest absolute Gasteiger partial charge is 0.328 e. The van der Waals surface area contributed by atoms with Crippen LogP contribution in [0.4, 0.5) is 0 Å².